The van der Waals surface area contributed by atoms with Crippen LogP contribution in [0.2, 0.25) is 0 Å². The Hall–Kier alpha value is -2.32. The molecule has 0 aromatic carbocycles. The van der Waals surface area contributed by atoms with Crippen molar-refractivity contribution in [3.05, 3.63) is 85.1 Å². The third kappa shape index (κ3) is 51.4. The van der Waals surface area contributed by atoms with Crippen LogP contribution in [0.4, 0.5) is 0 Å². The van der Waals surface area contributed by atoms with E-state index in [1.807, 2.05) is 27.2 Å². The molecule has 3 atom stereocenters. The molecular weight excluding hydrogens is 852 g/mol. The molecule has 0 spiro atoms. The van der Waals surface area contributed by atoms with Gasteiger partial charge in [0.2, 0.25) is 5.91 Å². The highest BCUT2D eigenvalue weighted by Crippen LogP contribution is 2.38. The maximum absolute atomic E-state index is 12.9. The van der Waals surface area contributed by atoms with Crippen LogP contribution in [0.3, 0.4) is 0 Å². The van der Waals surface area contributed by atoms with E-state index in [0.717, 1.165) is 64.2 Å². The van der Waals surface area contributed by atoms with Crippen LogP contribution in [0.15, 0.2) is 85.1 Å². The number of unbranched alkanes of at least 4 members (excludes halogenated alkanes) is 24. The summed E-state index contributed by atoms with van der Waals surface area (Å²) in [5, 5.41) is 13.8. The van der Waals surface area contributed by atoms with Crippen molar-refractivity contribution in [1.29, 1.82) is 0 Å². The van der Waals surface area contributed by atoms with Crippen LogP contribution in [0.5, 0.6) is 0 Å². The molecule has 0 radical (unpaired) electrons. The molecule has 0 saturated heterocycles. The molecule has 0 bridgehead atoms. The average molecular weight is 957 g/mol. The van der Waals surface area contributed by atoms with E-state index in [2.05, 4.69) is 92.1 Å². The van der Waals surface area contributed by atoms with Gasteiger partial charge in [-0.15, -0.1) is 0 Å². The zero-order chi connectivity index (χ0) is 49.2. The monoisotopic (exact) mass is 957 g/mol. The lowest BCUT2D eigenvalue weighted by Crippen LogP contribution is -2.45. The lowest BCUT2D eigenvalue weighted by atomic mass is 10.0. The number of hydrogen-bond donors (Lipinski definition) is 2. The van der Waals surface area contributed by atoms with Crippen LogP contribution in [0, 0.1) is 0 Å². The van der Waals surface area contributed by atoms with E-state index in [4.69, 9.17) is 9.05 Å². The molecule has 0 rings (SSSR count). The number of carbonyl (C=O) groups excluding carboxylic acids is 1. The van der Waals surface area contributed by atoms with Crippen molar-refractivity contribution in [2.75, 3.05) is 40.9 Å². The fourth-order valence-electron chi connectivity index (χ4n) is 7.53. The zero-order valence-electron chi connectivity index (χ0n) is 44.1. The minimum absolute atomic E-state index is 0.0213. The summed E-state index contributed by atoms with van der Waals surface area (Å²) in [6, 6.07) is -0.937. The van der Waals surface area contributed by atoms with E-state index >= 15 is 0 Å². The van der Waals surface area contributed by atoms with Crippen molar-refractivity contribution >= 4 is 13.7 Å². The Kier molecular flexibility index (Phi) is 47.0. The first-order valence-electron chi connectivity index (χ1n) is 27.4. The van der Waals surface area contributed by atoms with Crippen LogP contribution in [-0.4, -0.2) is 68.5 Å². The molecule has 0 aromatic heterocycles. The van der Waals surface area contributed by atoms with E-state index in [9.17, 15) is 19.4 Å². The third-order valence-corrected chi connectivity index (χ3v) is 12.8. The van der Waals surface area contributed by atoms with Crippen molar-refractivity contribution < 1.29 is 32.9 Å². The van der Waals surface area contributed by atoms with Gasteiger partial charge in [-0.25, -0.2) is 0 Å². The second kappa shape index (κ2) is 48.7. The summed E-state index contributed by atoms with van der Waals surface area (Å²) in [5.74, 6) is -0.254. The molecule has 0 heterocycles. The third-order valence-electron chi connectivity index (χ3n) is 11.8. The number of likely N-dealkylation sites (N-methyl/N-ethyl adjacent to an activating group) is 1. The van der Waals surface area contributed by atoms with Gasteiger partial charge in [0.05, 0.1) is 39.9 Å². The zero-order valence-corrected chi connectivity index (χ0v) is 45.0. The number of phosphoric ester groups is 1. The van der Waals surface area contributed by atoms with Gasteiger partial charge in [-0.3, -0.25) is 9.36 Å². The van der Waals surface area contributed by atoms with Crippen LogP contribution < -0.4 is 10.2 Å². The van der Waals surface area contributed by atoms with Crippen LogP contribution >= 0.6 is 7.82 Å². The molecule has 0 aliphatic rings. The summed E-state index contributed by atoms with van der Waals surface area (Å²) in [4.78, 5) is 25.4. The Morgan fingerprint density at radius 1 is 0.537 bits per heavy atom. The number of nitrogens with zero attached hydrogens (tertiary/aromatic N) is 1. The van der Waals surface area contributed by atoms with Gasteiger partial charge in [0.15, 0.2) is 0 Å². The fourth-order valence-corrected chi connectivity index (χ4v) is 8.25. The average Bonchev–Trinajstić information content (AvgIpc) is 3.29. The number of amides is 1. The number of rotatable bonds is 49. The largest absolute Gasteiger partial charge is 0.756 e. The Balaban J connectivity index is 4.29. The second-order valence-corrected chi connectivity index (χ2v) is 20.9. The minimum atomic E-state index is -4.62. The molecule has 0 fully saturated rings. The molecule has 8 nitrogen and oxygen atoms in total. The van der Waals surface area contributed by atoms with Gasteiger partial charge in [-0.05, 0) is 83.5 Å². The van der Waals surface area contributed by atoms with Crippen molar-refractivity contribution in [2.45, 2.75) is 238 Å². The van der Waals surface area contributed by atoms with Gasteiger partial charge in [-0.1, -0.05) is 221 Å². The van der Waals surface area contributed by atoms with Crippen LogP contribution in [0.25, 0.3) is 0 Å². The number of quaternary nitrogens is 1. The maximum atomic E-state index is 12.9. The van der Waals surface area contributed by atoms with Gasteiger partial charge < -0.3 is 28.8 Å². The number of aliphatic hydroxyl groups excluding tert-OH is 1. The van der Waals surface area contributed by atoms with E-state index in [1.54, 1.807) is 6.08 Å². The van der Waals surface area contributed by atoms with Gasteiger partial charge in [0.1, 0.15) is 13.2 Å². The number of hydrogen-bond acceptors (Lipinski definition) is 6. The highest BCUT2D eigenvalue weighted by molar-refractivity contribution is 7.45. The summed E-state index contributed by atoms with van der Waals surface area (Å²) >= 11 is 0. The summed E-state index contributed by atoms with van der Waals surface area (Å²) in [6.07, 6.45) is 68.3. The number of allylic oxidation sites excluding steroid dienone is 13. The van der Waals surface area contributed by atoms with Crippen LogP contribution in [-0.2, 0) is 18.4 Å². The number of phosphoric acid groups is 1. The lowest BCUT2D eigenvalue weighted by Gasteiger charge is -2.29. The highest BCUT2D eigenvalue weighted by atomic mass is 31.2. The maximum Gasteiger partial charge on any atom is 0.268 e. The number of nitrogens with one attached hydrogen (secondary N) is 1. The molecule has 9 heteroatoms. The standard InChI is InChI=1S/C58H105N2O6P/c1-6-8-10-12-14-16-18-20-22-23-24-25-26-27-28-29-30-31-32-33-34-35-36-38-39-41-43-45-47-49-51-57(61)56(55-66-67(63,64)65-54-53-60(3,4)5)59-58(62)52-50-48-46-44-42-40-37-21-19-17-15-13-11-9-7-2/h9,11,15,17,21,35-37,41-44,49,51,56-57,61H,6-8,10,12-14,16,18-20,22-34,38-40,45-48,50,52-55H2,1-5H3,(H-,59,62,63,64)/b11-9-,17-15-,36-35+,37-21-,43-41+,44-42-,51-49+. The Morgan fingerprint density at radius 3 is 1.39 bits per heavy atom. The summed E-state index contributed by atoms with van der Waals surface area (Å²) in [6.45, 7) is 4.47. The van der Waals surface area contributed by atoms with E-state index in [-0.39, 0.29) is 18.9 Å². The second-order valence-electron chi connectivity index (χ2n) is 19.5. The molecule has 67 heavy (non-hydrogen) atoms. The fraction of sp³-hybridized carbons (Fsp3) is 0.741. The first-order valence-corrected chi connectivity index (χ1v) is 28.9. The molecule has 2 N–H and O–H groups in total. The van der Waals surface area contributed by atoms with E-state index in [0.29, 0.717) is 17.4 Å². The molecule has 0 saturated carbocycles. The molecular formula is C58H105N2O6P. The van der Waals surface area contributed by atoms with Crippen molar-refractivity contribution in [3.63, 3.8) is 0 Å². The minimum Gasteiger partial charge on any atom is -0.756 e. The van der Waals surface area contributed by atoms with Crippen molar-refractivity contribution in [2.24, 2.45) is 0 Å². The van der Waals surface area contributed by atoms with Crippen molar-refractivity contribution in [1.82, 2.24) is 5.32 Å². The van der Waals surface area contributed by atoms with E-state index < -0.39 is 26.6 Å². The predicted molar refractivity (Wildman–Crippen MR) is 288 cm³/mol. The van der Waals surface area contributed by atoms with Gasteiger partial charge in [-0.2, -0.15) is 0 Å². The van der Waals surface area contributed by atoms with E-state index in [1.165, 1.54) is 135 Å². The SMILES string of the molecule is CC/C=C\C/C=C\C/C=C\C/C=C\CCCCC(=O)NC(COP(=O)([O-])OCC[N+](C)(C)C)C(O)/C=C/CC/C=C/CC/C=C/CCCCCCCCCCCCCCCCCCCCCC. The van der Waals surface area contributed by atoms with Gasteiger partial charge >= 0.3 is 0 Å². The molecule has 0 aliphatic heterocycles. The van der Waals surface area contributed by atoms with Crippen LogP contribution in [0.1, 0.15) is 226 Å². The highest BCUT2D eigenvalue weighted by Gasteiger charge is 2.23. The first-order chi connectivity index (χ1) is 32.5. The predicted octanol–water partition coefficient (Wildman–Crippen LogP) is 15.8. The smallest absolute Gasteiger partial charge is 0.268 e. The molecule has 1 amide bonds. The van der Waals surface area contributed by atoms with Gasteiger partial charge in [0, 0.05) is 6.42 Å². The molecule has 0 aromatic rings. The van der Waals surface area contributed by atoms with Crippen molar-refractivity contribution in [3.8, 4) is 0 Å². The topological polar surface area (TPSA) is 108 Å². The Bertz CT molecular complexity index is 1360. The summed E-state index contributed by atoms with van der Waals surface area (Å²) in [5.41, 5.74) is 0. The molecule has 3 unspecified atom stereocenters. The molecule has 0 aliphatic carbocycles. The first kappa shape index (κ1) is 64.7. The number of carbonyl (C=O) groups is 1. The number of aliphatic hydroxyl groups is 1. The summed E-state index contributed by atoms with van der Waals surface area (Å²) < 4.78 is 23.2. The normalized spacial score (nSPS) is 14.7. The lowest BCUT2D eigenvalue weighted by molar-refractivity contribution is -0.870. The Morgan fingerprint density at radius 2 is 0.925 bits per heavy atom. The summed E-state index contributed by atoms with van der Waals surface area (Å²) in [7, 11) is 1.20. The van der Waals surface area contributed by atoms with Gasteiger partial charge in [0.25, 0.3) is 7.82 Å². The quantitative estimate of drug-likeness (QED) is 0.0272. The Labute approximate surface area is 414 Å². The molecule has 388 valence electrons.